The van der Waals surface area contributed by atoms with Crippen molar-refractivity contribution in [3.63, 3.8) is 0 Å². The molecule has 10 heteroatoms. The molecule has 5 aliphatic rings. The number of rotatable bonds is 11. The molecule has 0 spiro atoms. The van der Waals surface area contributed by atoms with Crippen LogP contribution in [0.5, 0.6) is 17.2 Å². The lowest BCUT2D eigenvalue weighted by Gasteiger charge is -2.38. The zero-order chi connectivity index (χ0) is 36.3. The monoisotopic (exact) mass is 716 g/mol. The predicted molar refractivity (Wildman–Crippen MR) is 201 cm³/mol. The van der Waals surface area contributed by atoms with Gasteiger partial charge in [-0.2, -0.15) is 0 Å². The smallest absolute Gasteiger partial charge is 0.255 e. The van der Waals surface area contributed by atoms with Crippen LogP contribution in [0.4, 0.5) is 0 Å². The van der Waals surface area contributed by atoms with E-state index in [2.05, 4.69) is 69.8 Å². The number of fused-ring (bicyclic) bond motifs is 2. The molecule has 8 rings (SSSR count). The van der Waals surface area contributed by atoms with Crippen LogP contribution < -0.4 is 14.8 Å². The molecule has 0 saturated carbocycles. The number of hydrogen-bond acceptors (Lipinski definition) is 8. The summed E-state index contributed by atoms with van der Waals surface area (Å²) in [5.41, 5.74) is 5.34. The number of amides is 3. The number of ether oxygens (including phenoxy) is 2. The minimum absolute atomic E-state index is 0.175. The summed E-state index contributed by atoms with van der Waals surface area (Å²) in [6.45, 7) is 7.09. The fraction of sp³-hybridized carbons (Fsp3) is 0.419. The number of allylic oxidation sites excluding steroid dienone is 4. The first kappa shape index (κ1) is 35.1. The minimum atomic E-state index is -0.618. The number of hydrogen-bond donors (Lipinski definition) is 2. The van der Waals surface area contributed by atoms with Crippen molar-refractivity contribution in [2.24, 2.45) is 11.8 Å². The average molecular weight is 717 g/mol. The van der Waals surface area contributed by atoms with Crippen molar-refractivity contribution < 1.29 is 29.0 Å². The molecule has 1 unspecified atom stereocenters. The number of aromatic hydroxyl groups is 1. The van der Waals surface area contributed by atoms with E-state index in [1.165, 1.54) is 16.7 Å². The highest BCUT2D eigenvalue weighted by Crippen LogP contribution is 2.47. The summed E-state index contributed by atoms with van der Waals surface area (Å²) in [5.74, 6) is 2.39. The topological polar surface area (TPSA) is 112 Å². The van der Waals surface area contributed by atoms with Crippen molar-refractivity contribution in [3.8, 4) is 17.2 Å². The minimum Gasteiger partial charge on any atom is -0.508 e. The molecule has 276 valence electrons. The molecule has 0 bridgehead atoms. The van der Waals surface area contributed by atoms with E-state index in [-0.39, 0.29) is 24.2 Å². The van der Waals surface area contributed by atoms with Crippen LogP contribution in [0, 0.1) is 11.8 Å². The number of imide groups is 1. The molecule has 2 saturated heterocycles. The number of phenolic OH excluding ortho intramolecular Hbond substituents is 1. The number of nitrogens with one attached hydrogen (secondary N) is 1. The molecule has 4 atom stereocenters. The Labute approximate surface area is 311 Å². The molecule has 0 radical (unpaired) electrons. The number of carbonyl (C=O) groups excluding carboxylic acids is 3. The molecule has 0 aromatic heterocycles. The van der Waals surface area contributed by atoms with Gasteiger partial charge in [-0.1, -0.05) is 42.5 Å². The van der Waals surface area contributed by atoms with Gasteiger partial charge in [-0.05, 0) is 102 Å². The Morgan fingerprint density at radius 2 is 1.51 bits per heavy atom. The fourth-order valence-corrected chi connectivity index (χ4v) is 8.87. The van der Waals surface area contributed by atoms with Crippen LogP contribution in [0.1, 0.15) is 64.2 Å². The maximum Gasteiger partial charge on any atom is 0.255 e. The molecule has 2 aliphatic carbocycles. The van der Waals surface area contributed by atoms with E-state index < -0.39 is 11.9 Å². The lowest BCUT2D eigenvalue weighted by molar-refractivity contribution is -0.136. The second kappa shape index (κ2) is 15.6. The van der Waals surface area contributed by atoms with Crippen molar-refractivity contribution in [1.29, 1.82) is 0 Å². The number of aryl methyl sites for hydroxylation is 1. The van der Waals surface area contributed by atoms with Crippen LogP contribution in [0.3, 0.4) is 0 Å². The molecule has 3 heterocycles. The highest BCUT2D eigenvalue weighted by atomic mass is 16.5. The first-order valence-corrected chi connectivity index (χ1v) is 19.1. The Morgan fingerprint density at radius 3 is 2.23 bits per heavy atom. The van der Waals surface area contributed by atoms with Crippen molar-refractivity contribution in [2.75, 3.05) is 52.5 Å². The molecular formula is C43H48N4O6. The van der Waals surface area contributed by atoms with Gasteiger partial charge < -0.3 is 19.5 Å². The van der Waals surface area contributed by atoms with Gasteiger partial charge in [0.25, 0.3) is 5.91 Å². The third-order valence-electron chi connectivity index (χ3n) is 11.8. The highest BCUT2D eigenvalue weighted by Gasteiger charge is 2.39. The summed E-state index contributed by atoms with van der Waals surface area (Å²) in [6.07, 6.45) is 12.8. The van der Waals surface area contributed by atoms with Crippen molar-refractivity contribution in [3.05, 3.63) is 113 Å². The van der Waals surface area contributed by atoms with Crippen LogP contribution in [-0.2, 0) is 22.6 Å². The standard InChI is InChI=1S/C43H48N4O6/c48-33-9-14-37-31(26-33)8-13-36(29-4-2-1-3-5-29)41(37)30-6-10-34(11-7-30)52-24-22-45-18-20-46(21-19-45)23-25-53-35-12-15-38-32(27-35)28-47(43(38)51)39-16-17-40(49)44-42(39)50/h1-4,6-7,9-12,14-15,26-27,29,36,39,41,48H,5,8,13,16-25,28H2,(H,44,49,50)/t29?,36-,39+,41+/m1/s1. The van der Waals surface area contributed by atoms with Crippen molar-refractivity contribution in [1.82, 2.24) is 20.0 Å². The van der Waals surface area contributed by atoms with E-state index in [9.17, 15) is 19.5 Å². The number of nitrogens with zero attached hydrogens (tertiary/aromatic N) is 3. The van der Waals surface area contributed by atoms with Crippen molar-refractivity contribution in [2.45, 2.75) is 50.6 Å². The average Bonchev–Trinajstić information content (AvgIpc) is 3.50. The molecule has 53 heavy (non-hydrogen) atoms. The Morgan fingerprint density at radius 1 is 0.774 bits per heavy atom. The Bertz CT molecular complexity index is 1900. The Kier molecular flexibility index (Phi) is 10.3. The second-order valence-electron chi connectivity index (χ2n) is 14.9. The Hall–Kier alpha value is -4.93. The van der Waals surface area contributed by atoms with Crippen molar-refractivity contribution >= 4 is 17.7 Å². The molecule has 3 amide bonds. The lowest BCUT2D eigenvalue weighted by atomic mass is 9.66. The number of piperazine rings is 1. The van der Waals surface area contributed by atoms with Gasteiger partial charge in [0.1, 0.15) is 36.5 Å². The highest BCUT2D eigenvalue weighted by molar-refractivity contribution is 6.05. The Balaban J connectivity index is 0.774. The summed E-state index contributed by atoms with van der Waals surface area (Å²) in [6, 6.07) is 19.5. The summed E-state index contributed by atoms with van der Waals surface area (Å²) >= 11 is 0. The van der Waals surface area contributed by atoms with Gasteiger partial charge in [0.15, 0.2) is 0 Å². The van der Waals surface area contributed by atoms with Gasteiger partial charge in [-0.15, -0.1) is 0 Å². The van der Waals surface area contributed by atoms with Crippen LogP contribution in [0.25, 0.3) is 0 Å². The molecule has 3 aromatic carbocycles. The van der Waals surface area contributed by atoms with E-state index in [4.69, 9.17) is 9.47 Å². The van der Waals surface area contributed by atoms with Gasteiger partial charge in [0.2, 0.25) is 11.8 Å². The first-order valence-electron chi connectivity index (χ1n) is 19.1. The molecule has 2 N–H and O–H groups in total. The van der Waals surface area contributed by atoms with Crippen LogP contribution in [-0.4, -0.2) is 96.1 Å². The third kappa shape index (κ3) is 7.75. The van der Waals surface area contributed by atoms with Crippen LogP contribution >= 0.6 is 0 Å². The van der Waals surface area contributed by atoms with E-state index in [1.54, 1.807) is 11.0 Å². The predicted octanol–water partition coefficient (Wildman–Crippen LogP) is 5.06. The zero-order valence-electron chi connectivity index (χ0n) is 30.1. The van der Waals surface area contributed by atoms with Gasteiger partial charge in [0, 0.05) is 63.7 Å². The summed E-state index contributed by atoms with van der Waals surface area (Å²) in [7, 11) is 0. The third-order valence-corrected chi connectivity index (χ3v) is 11.8. The van der Waals surface area contributed by atoms with E-state index in [0.29, 0.717) is 55.1 Å². The van der Waals surface area contributed by atoms with Gasteiger partial charge >= 0.3 is 0 Å². The van der Waals surface area contributed by atoms with E-state index in [0.717, 1.165) is 69.8 Å². The van der Waals surface area contributed by atoms with E-state index in [1.807, 2.05) is 24.3 Å². The second-order valence-corrected chi connectivity index (χ2v) is 14.9. The number of carbonyl (C=O) groups is 3. The van der Waals surface area contributed by atoms with Gasteiger partial charge in [0.05, 0.1) is 0 Å². The van der Waals surface area contributed by atoms with Gasteiger partial charge in [-0.25, -0.2) is 0 Å². The lowest BCUT2D eigenvalue weighted by Crippen LogP contribution is -2.52. The normalized spacial score (nSPS) is 24.5. The molecular weight excluding hydrogens is 668 g/mol. The SMILES string of the molecule is O=C1CC[C@H](N2Cc3cc(OCCN4CCN(CCOc5ccc([C@@H]6c7ccc(O)cc7CC[C@@H]6C6C=CC=CC6)cc5)CC4)ccc3C2=O)C(=O)N1. The van der Waals surface area contributed by atoms with Gasteiger partial charge in [-0.3, -0.25) is 29.5 Å². The maximum absolute atomic E-state index is 13.0. The van der Waals surface area contributed by atoms with Crippen LogP contribution in [0.2, 0.25) is 0 Å². The number of phenols is 1. The first-order chi connectivity index (χ1) is 25.9. The largest absolute Gasteiger partial charge is 0.508 e. The fourth-order valence-electron chi connectivity index (χ4n) is 8.87. The van der Waals surface area contributed by atoms with E-state index >= 15 is 0 Å². The van der Waals surface area contributed by atoms with Crippen LogP contribution in [0.15, 0.2) is 85.0 Å². The maximum atomic E-state index is 13.0. The molecule has 2 fully saturated rings. The number of piperidine rings is 1. The number of benzene rings is 3. The summed E-state index contributed by atoms with van der Waals surface area (Å²) in [4.78, 5) is 43.3. The quantitative estimate of drug-likeness (QED) is 0.265. The molecule has 3 aromatic rings. The summed E-state index contributed by atoms with van der Waals surface area (Å²) < 4.78 is 12.3. The molecule has 10 nitrogen and oxygen atoms in total. The zero-order valence-corrected chi connectivity index (χ0v) is 30.1. The molecule has 3 aliphatic heterocycles. The summed E-state index contributed by atoms with van der Waals surface area (Å²) in [5, 5.41) is 12.5.